The van der Waals surface area contributed by atoms with Crippen molar-refractivity contribution in [1.29, 1.82) is 5.26 Å². The van der Waals surface area contributed by atoms with Gasteiger partial charge in [0, 0.05) is 11.2 Å². The highest BCUT2D eigenvalue weighted by atomic mass is 32.2. The fourth-order valence-corrected chi connectivity index (χ4v) is 7.02. The highest BCUT2D eigenvalue weighted by Crippen LogP contribution is 2.55. The van der Waals surface area contributed by atoms with Crippen molar-refractivity contribution in [2.75, 3.05) is 0 Å². The van der Waals surface area contributed by atoms with Gasteiger partial charge in [0.15, 0.2) is 0 Å². The lowest BCUT2D eigenvalue weighted by Crippen LogP contribution is -2.62. The van der Waals surface area contributed by atoms with Crippen LogP contribution in [0, 0.1) is 42.9 Å². The molecule has 4 aliphatic carbocycles. The molecule has 0 saturated heterocycles. The summed E-state index contributed by atoms with van der Waals surface area (Å²) in [5.74, 6) is 1.83. The largest absolute Gasteiger partial charge is 0.332 e. The van der Waals surface area contributed by atoms with E-state index < -0.39 is 11.3 Å². The molecule has 4 fully saturated rings. The van der Waals surface area contributed by atoms with Gasteiger partial charge in [0.05, 0.1) is 10.8 Å². The lowest BCUT2D eigenvalue weighted by atomic mass is 9.53. The molecule has 1 aromatic heterocycles. The Morgan fingerprint density at radius 2 is 1.79 bits per heavy atom. The molecule has 4 aliphatic rings. The molecule has 0 spiro atoms. The molecule has 1 atom stereocenters. The summed E-state index contributed by atoms with van der Waals surface area (Å²) in [4.78, 5) is 29.6. The molecule has 7 heteroatoms. The van der Waals surface area contributed by atoms with Gasteiger partial charge in [-0.1, -0.05) is 11.8 Å². The van der Waals surface area contributed by atoms with E-state index in [1.54, 1.807) is 6.92 Å². The molecule has 6 nitrogen and oxygen atoms in total. The van der Waals surface area contributed by atoms with E-state index in [4.69, 9.17) is 0 Å². The van der Waals surface area contributed by atoms with Crippen LogP contribution in [0.5, 0.6) is 0 Å². The fourth-order valence-electron chi connectivity index (χ4n) is 5.99. The zero-order valence-corrected chi connectivity index (χ0v) is 18.1. The number of urea groups is 1. The van der Waals surface area contributed by atoms with E-state index in [-0.39, 0.29) is 11.4 Å². The van der Waals surface area contributed by atoms with E-state index in [2.05, 4.69) is 21.7 Å². The molecule has 154 valence electrons. The van der Waals surface area contributed by atoms with Crippen LogP contribution in [-0.4, -0.2) is 27.7 Å². The number of nitriles is 1. The second-order valence-electron chi connectivity index (χ2n) is 9.27. The lowest BCUT2D eigenvalue weighted by molar-refractivity contribution is -0.119. The van der Waals surface area contributed by atoms with Crippen LogP contribution in [0.15, 0.2) is 11.1 Å². The molecule has 2 N–H and O–H groups in total. The van der Waals surface area contributed by atoms with E-state index in [1.165, 1.54) is 31.0 Å². The number of imide groups is 1. The van der Waals surface area contributed by atoms with Gasteiger partial charge < -0.3 is 5.32 Å². The number of amides is 3. The van der Waals surface area contributed by atoms with Gasteiger partial charge in [-0.25, -0.2) is 9.78 Å². The minimum Gasteiger partial charge on any atom is -0.332 e. The van der Waals surface area contributed by atoms with Crippen LogP contribution in [0.3, 0.4) is 0 Å². The first kappa shape index (κ1) is 20.2. The summed E-state index contributed by atoms with van der Waals surface area (Å²) in [6, 6.07) is 3.63. The van der Waals surface area contributed by atoms with Crippen LogP contribution in [0.25, 0.3) is 0 Å². The third kappa shape index (κ3) is 4.13. The zero-order valence-electron chi connectivity index (χ0n) is 17.2. The van der Waals surface area contributed by atoms with E-state index in [0.717, 1.165) is 48.3 Å². The van der Waals surface area contributed by atoms with Crippen molar-refractivity contribution in [3.8, 4) is 6.07 Å². The average Bonchev–Trinajstić information content (AvgIpc) is 2.59. The molecule has 1 aromatic rings. The van der Waals surface area contributed by atoms with Crippen molar-refractivity contribution in [1.82, 2.24) is 15.6 Å². The van der Waals surface area contributed by atoms with Crippen LogP contribution >= 0.6 is 11.8 Å². The third-order valence-electron chi connectivity index (χ3n) is 6.73. The summed E-state index contributed by atoms with van der Waals surface area (Å²) in [6.07, 6.45) is 7.05. The Kier molecular flexibility index (Phi) is 5.32. The minimum absolute atomic E-state index is 0.126. The van der Waals surface area contributed by atoms with Gasteiger partial charge in [-0.3, -0.25) is 10.1 Å². The van der Waals surface area contributed by atoms with Crippen molar-refractivity contribution < 1.29 is 9.59 Å². The summed E-state index contributed by atoms with van der Waals surface area (Å²) in [5.41, 5.74) is 2.00. The number of carbonyl (C=O) groups excluding carboxylic acids is 2. The summed E-state index contributed by atoms with van der Waals surface area (Å²) in [6.45, 7) is 5.46. The molecule has 4 bridgehead atoms. The molecule has 5 rings (SSSR count). The Labute approximate surface area is 176 Å². The number of aromatic nitrogens is 1. The number of rotatable bonds is 4. The van der Waals surface area contributed by atoms with E-state index in [1.807, 2.05) is 19.9 Å². The highest BCUT2D eigenvalue weighted by Gasteiger charge is 2.51. The Morgan fingerprint density at radius 3 is 2.34 bits per heavy atom. The maximum Gasteiger partial charge on any atom is 0.321 e. The monoisotopic (exact) mass is 412 g/mol. The molecule has 0 aromatic carbocycles. The smallest absolute Gasteiger partial charge is 0.321 e. The Morgan fingerprint density at radius 1 is 1.21 bits per heavy atom. The van der Waals surface area contributed by atoms with Gasteiger partial charge in [-0.2, -0.15) is 5.26 Å². The molecule has 4 saturated carbocycles. The van der Waals surface area contributed by atoms with E-state index in [9.17, 15) is 14.9 Å². The van der Waals surface area contributed by atoms with Crippen molar-refractivity contribution >= 4 is 23.7 Å². The molecular formula is C22H28N4O2S. The minimum atomic E-state index is -0.530. The second-order valence-corrected chi connectivity index (χ2v) is 10.6. The number of carbonyl (C=O) groups is 2. The second kappa shape index (κ2) is 7.64. The first-order valence-corrected chi connectivity index (χ1v) is 11.3. The molecule has 0 aliphatic heterocycles. The van der Waals surface area contributed by atoms with Gasteiger partial charge in [0.2, 0.25) is 5.91 Å². The van der Waals surface area contributed by atoms with Crippen LogP contribution in [0.4, 0.5) is 4.79 Å². The van der Waals surface area contributed by atoms with E-state index >= 15 is 0 Å². The van der Waals surface area contributed by atoms with Crippen molar-refractivity contribution in [3.05, 3.63) is 22.9 Å². The molecule has 3 amide bonds. The number of nitrogens with zero attached hydrogens (tertiary/aromatic N) is 2. The predicted octanol–water partition coefficient (Wildman–Crippen LogP) is 3.85. The predicted molar refractivity (Wildman–Crippen MR) is 111 cm³/mol. The zero-order chi connectivity index (χ0) is 20.8. The summed E-state index contributed by atoms with van der Waals surface area (Å²) in [5, 5.41) is 15.1. The first-order chi connectivity index (χ1) is 13.8. The summed E-state index contributed by atoms with van der Waals surface area (Å²) < 4.78 is 0. The number of aryl methyl sites for hydroxylation is 2. The van der Waals surface area contributed by atoms with Crippen LogP contribution in [0.1, 0.15) is 62.3 Å². The van der Waals surface area contributed by atoms with Crippen LogP contribution in [-0.2, 0) is 4.79 Å². The SMILES string of the molecule is Cc1cc(C)c(C#N)c(SC(C)C(=O)NC(=O)NC23CC4CC(CC(C4)C2)C3)n1. The van der Waals surface area contributed by atoms with Crippen molar-refractivity contribution in [2.24, 2.45) is 17.8 Å². The number of nitrogens with one attached hydrogen (secondary N) is 2. The van der Waals surface area contributed by atoms with Gasteiger partial charge in [0.1, 0.15) is 11.1 Å². The van der Waals surface area contributed by atoms with Crippen molar-refractivity contribution in [2.45, 2.75) is 75.1 Å². The molecule has 29 heavy (non-hydrogen) atoms. The van der Waals surface area contributed by atoms with Gasteiger partial charge in [-0.05, 0) is 88.7 Å². The third-order valence-corrected chi connectivity index (χ3v) is 7.82. The number of pyridine rings is 1. The Balaban J connectivity index is 1.37. The number of hydrogen-bond donors (Lipinski definition) is 2. The molecule has 0 radical (unpaired) electrons. The maximum atomic E-state index is 12.6. The Bertz CT molecular complexity index is 856. The highest BCUT2D eigenvalue weighted by molar-refractivity contribution is 8.00. The van der Waals surface area contributed by atoms with Gasteiger partial charge >= 0.3 is 6.03 Å². The normalized spacial score (nSPS) is 30.5. The molecular weight excluding hydrogens is 384 g/mol. The topological polar surface area (TPSA) is 94.9 Å². The summed E-state index contributed by atoms with van der Waals surface area (Å²) >= 11 is 1.22. The Hall–Kier alpha value is -2.07. The fraction of sp³-hybridized carbons (Fsp3) is 0.636. The number of hydrogen-bond acceptors (Lipinski definition) is 5. The van der Waals surface area contributed by atoms with Crippen LogP contribution < -0.4 is 10.6 Å². The standard InChI is InChI=1S/C22H28N4O2S/c1-12-4-13(2)24-20(18(12)11-23)29-14(3)19(27)25-21(28)26-22-8-15-5-16(9-22)7-17(6-15)10-22/h4,14-17H,5-10H2,1-3H3,(H2,25,26,27,28). The van der Waals surface area contributed by atoms with E-state index in [0.29, 0.717) is 10.6 Å². The van der Waals surface area contributed by atoms with Crippen molar-refractivity contribution in [3.63, 3.8) is 0 Å². The molecule has 1 heterocycles. The first-order valence-electron chi connectivity index (χ1n) is 10.4. The summed E-state index contributed by atoms with van der Waals surface area (Å²) in [7, 11) is 0. The van der Waals surface area contributed by atoms with Crippen LogP contribution in [0.2, 0.25) is 0 Å². The van der Waals surface area contributed by atoms with Gasteiger partial charge in [0.25, 0.3) is 0 Å². The quantitative estimate of drug-likeness (QED) is 0.733. The molecule has 1 unspecified atom stereocenters. The number of thioether (sulfide) groups is 1. The van der Waals surface area contributed by atoms with Gasteiger partial charge in [-0.15, -0.1) is 0 Å². The lowest BCUT2D eigenvalue weighted by Gasteiger charge is -2.56. The maximum absolute atomic E-state index is 12.6. The average molecular weight is 413 g/mol.